The van der Waals surface area contributed by atoms with Gasteiger partial charge in [-0.15, -0.1) is 0 Å². The lowest BCUT2D eigenvalue weighted by molar-refractivity contribution is -0.143. The van der Waals surface area contributed by atoms with Crippen LogP contribution >= 0.6 is 0 Å². The summed E-state index contributed by atoms with van der Waals surface area (Å²) in [6, 6.07) is 7.10. The van der Waals surface area contributed by atoms with Gasteiger partial charge in [0.15, 0.2) is 5.96 Å². The smallest absolute Gasteiger partial charge is 0.303 e. The molecule has 17 N–H and O–H groups in total. The molecule has 562 valence electrons. The lowest BCUT2D eigenvalue weighted by atomic mass is 10.0. The molecule has 0 saturated carbocycles. The zero-order chi connectivity index (χ0) is 73.2. The number of nitrogens with one attached hydrogen (secondary N) is 11. The number of aliphatic carboxylic acids is 1. The number of rotatable bonds is 39. The molecule has 5 rings (SSSR count). The highest BCUT2D eigenvalue weighted by Crippen LogP contribution is 2.24. The van der Waals surface area contributed by atoms with Gasteiger partial charge in [0.1, 0.15) is 48.9 Å². The van der Waals surface area contributed by atoms with E-state index in [0.29, 0.717) is 56.3 Å². The number of aromatic amines is 1. The number of fused-ring (bicyclic) bond motifs is 2. The molecule has 3 aromatic rings. The first-order chi connectivity index (χ1) is 48.8. The molecule has 101 heavy (non-hydrogen) atoms. The molecule has 2 fully saturated rings. The summed E-state index contributed by atoms with van der Waals surface area (Å²) in [5.74, 6) is -7.02. The molecule has 29 heteroatoms. The van der Waals surface area contributed by atoms with Crippen LogP contribution in [0.2, 0.25) is 0 Å². The molecule has 0 aliphatic carbocycles. The van der Waals surface area contributed by atoms with Crippen molar-refractivity contribution in [2.24, 2.45) is 11.5 Å². The fraction of sp³-hybridized carbons (Fsp3) is 0.653. The Bertz CT molecular complexity index is 3050. The minimum Gasteiger partial charge on any atom is -0.481 e. The Morgan fingerprint density at radius 3 is 2.00 bits per heavy atom. The Labute approximate surface area is 593 Å². The Morgan fingerprint density at radius 1 is 0.683 bits per heavy atom. The van der Waals surface area contributed by atoms with Crippen LogP contribution in [-0.4, -0.2) is 206 Å². The van der Waals surface area contributed by atoms with Crippen molar-refractivity contribution in [1.29, 1.82) is 5.41 Å². The summed E-state index contributed by atoms with van der Waals surface area (Å²) in [5, 5.41) is 54.3. The van der Waals surface area contributed by atoms with Crippen molar-refractivity contribution in [3.05, 3.63) is 71.9 Å². The number of aliphatic hydroxyl groups excluding tert-OH is 1. The minimum atomic E-state index is -1.41. The monoisotopic (exact) mass is 1410 g/mol. The Morgan fingerprint density at radius 2 is 1.32 bits per heavy atom. The lowest BCUT2D eigenvalue weighted by Crippen LogP contribution is -2.60. The number of carboxylic acid groups (broad SMARTS) is 1. The number of para-hydroxylation sites is 1. The van der Waals surface area contributed by atoms with Gasteiger partial charge in [0, 0.05) is 82.5 Å². The van der Waals surface area contributed by atoms with Crippen molar-refractivity contribution in [2.45, 2.75) is 235 Å². The van der Waals surface area contributed by atoms with Crippen LogP contribution in [0.25, 0.3) is 10.9 Å². The van der Waals surface area contributed by atoms with Gasteiger partial charge in [-0.3, -0.25) is 53.4 Å². The summed E-state index contributed by atoms with van der Waals surface area (Å²) < 4.78 is 17.1. The number of carbonyl (C=O) groups excluding carboxylic acids is 9. The van der Waals surface area contributed by atoms with Crippen LogP contribution in [0, 0.1) is 5.41 Å². The molecule has 0 bridgehead atoms. The number of nitrogens with zero attached hydrogens (tertiary/aromatic N) is 1. The maximum atomic E-state index is 15.2. The van der Waals surface area contributed by atoms with Crippen LogP contribution in [0.3, 0.4) is 0 Å². The molecule has 1 unspecified atom stereocenters. The second kappa shape index (κ2) is 47.8. The van der Waals surface area contributed by atoms with E-state index in [0.717, 1.165) is 62.3 Å². The summed E-state index contributed by atoms with van der Waals surface area (Å²) in [6.07, 6.45) is 15.7. The van der Waals surface area contributed by atoms with Gasteiger partial charge in [0.25, 0.3) is 0 Å². The standard InChI is InChI=1S/C72H114N14O15/c1-3-4-28-56(80-63(89)48-101-41-40-100-39-38-77-62(88)32-18-13-11-9-7-5-6-8-10-12-14-19-33-64(90)91)66(93)83-58-35-34-52(99-2)46-76-36-23-22-30-55(65(73)92)81-69(96)60(43-50-45-79-54-29-21-20-27-53(50)54)84-67(94)57(31-24-37-78-72(74)75)82-68(95)59(42-49-25-16-15-17-26-49)85-70(97)61-44-51(87)47-86(61)71(58)98/h15-17,20-21,25-27,29,45,51-52,55-61,76,79,87H,3-14,18-19,22-24,28,30-44,46-48H2,1-2H3,(H2,73,92)(H,77,88)(H,80,89)(H,81,96)(H,82,95)(H,83,93)(H,84,94)(H,85,97)(H,90,91)(H4,74,75,78)/t51-,52?,55+,56+,57+,58+,59-,60+,61+/m1/s1. The second-order valence-corrected chi connectivity index (χ2v) is 26.4. The zero-order valence-electron chi connectivity index (χ0n) is 59.2. The first kappa shape index (κ1) is 83.4. The van der Waals surface area contributed by atoms with E-state index >= 15 is 4.79 Å². The first-order valence-electron chi connectivity index (χ1n) is 36.4. The van der Waals surface area contributed by atoms with Crippen molar-refractivity contribution in [3.63, 3.8) is 0 Å². The number of carboxylic acids is 1. The number of aliphatic hydroxyl groups is 1. The number of guanidine groups is 1. The third-order valence-electron chi connectivity index (χ3n) is 18.2. The molecule has 2 aliphatic rings. The van der Waals surface area contributed by atoms with Crippen molar-refractivity contribution in [3.8, 4) is 0 Å². The van der Waals surface area contributed by atoms with Crippen molar-refractivity contribution in [1.82, 2.24) is 57.7 Å². The molecular weight excluding hydrogens is 1300 g/mol. The number of aromatic nitrogens is 1. The number of benzene rings is 2. The van der Waals surface area contributed by atoms with E-state index in [1.165, 1.54) is 37.7 Å². The number of amides is 9. The summed E-state index contributed by atoms with van der Waals surface area (Å²) in [4.78, 5) is 143. The molecule has 0 spiro atoms. The average Bonchev–Trinajstić information content (AvgIpc) is 1.71. The predicted octanol–water partition coefficient (Wildman–Crippen LogP) is 3.03. The number of unbranched alkanes of at least 4 members (excludes halogenated alkanes) is 12. The maximum Gasteiger partial charge on any atom is 0.303 e. The summed E-state index contributed by atoms with van der Waals surface area (Å²) in [7, 11) is 1.50. The predicted molar refractivity (Wildman–Crippen MR) is 381 cm³/mol. The number of hydrogen-bond donors (Lipinski definition) is 15. The van der Waals surface area contributed by atoms with Gasteiger partial charge >= 0.3 is 5.97 Å². The summed E-state index contributed by atoms with van der Waals surface area (Å²) >= 11 is 0. The van der Waals surface area contributed by atoms with Gasteiger partial charge in [-0.05, 0) is 87.9 Å². The molecule has 3 heterocycles. The second-order valence-electron chi connectivity index (χ2n) is 26.4. The summed E-state index contributed by atoms with van der Waals surface area (Å²) in [5.41, 5.74) is 13.5. The van der Waals surface area contributed by atoms with Crippen molar-refractivity contribution >= 4 is 76.0 Å². The van der Waals surface area contributed by atoms with Gasteiger partial charge in [-0.1, -0.05) is 133 Å². The van der Waals surface area contributed by atoms with Gasteiger partial charge in [0.2, 0.25) is 53.2 Å². The van der Waals surface area contributed by atoms with E-state index in [9.17, 15) is 48.3 Å². The number of hydrogen-bond acceptors (Lipinski definition) is 16. The average molecular weight is 1420 g/mol. The molecule has 2 aliphatic heterocycles. The van der Waals surface area contributed by atoms with Gasteiger partial charge < -0.3 is 93.6 Å². The molecule has 2 saturated heterocycles. The normalized spacial score (nSPS) is 21.1. The fourth-order valence-corrected chi connectivity index (χ4v) is 12.5. The third kappa shape index (κ3) is 32.5. The maximum absolute atomic E-state index is 15.2. The van der Waals surface area contributed by atoms with Gasteiger partial charge in [-0.2, -0.15) is 0 Å². The zero-order valence-corrected chi connectivity index (χ0v) is 59.2. The molecule has 2 aromatic carbocycles. The quantitative estimate of drug-likeness (QED) is 0.0222. The third-order valence-corrected chi connectivity index (χ3v) is 18.2. The van der Waals surface area contributed by atoms with Gasteiger partial charge in [0.05, 0.1) is 32.0 Å². The highest BCUT2D eigenvalue weighted by molar-refractivity contribution is 5.98. The number of nitrogens with two attached hydrogens (primary N) is 2. The van der Waals surface area contributed by atoms with E-state index in [4.69, 9.17) is 36.2 Å². The Hall–Kier alpha value is -8.25. The van der Waals surface area contributed by atoms with Gasteiger partial charge in [-0.25, -0.2) is 0 Å². The van der Waals surface area contributed by atoms with Crippen LogP contribution in [0.1, 0.15) is 179 Å². The van der Waals surface area contributed by atoms with Crippen LogP contribution in [0.4, 0.5) is 0 Å². The highest BCUT2D eigenvalue weighted by Gasteiger charge is 2.43. The van der Waals surface area contributed by atoms with E-state index in [2.05, 4.69) is 52.8 Å². The molecule has 0 radical (unpaired) electrons. The number of carbonyl (C=O) groups is 10. The largest absolute Gasteiger partial charge is 0.481 e. The van der Waals surface area contributed by atoms with Crippen LogP contribution < -0.4 is 59.3 Å². The molecule has 9 amide bonds. The molecule has 9 atom stereocenters. The number of methoxy groups -OCH3 is 1. The lowest BCUT2D eigenvalue weighted by Gasteiger charge is -2.31. The van der Waals surface area contributed by atoms with Crippen molar-refractivity contribution in [2.75, 3.05) is 66.3 Å². The number of primary amides is 1. The minimum absolute atomic E-state index is 0.0252. The topological polar surface area (TPSA) is 442 Å². The first-order valence-corrected chi connectivity index (χ1v) is 36.4. The van der Waals surface area contributed by atoms with Crippen LogP contribution in [0.15, 0.2) is 60.8 Å². The number of H-pyrrole nitrogens is 1. The molecule has 29 nitrogen and oxygen atoms in total. The fourth-order valence-electron chi connectivity index (χ4n) is 12.5. The molecule has 1 aromatic heterocycles. The van der Waals surface area contributed by atoms with E-state index in [1.54, 1.807) is 36.5 Å². The van der Waals surface area contributed by atoms with E-state index in [-0.39, 0.29) is 116 Å². The highest BCUT2D eigenvalue weighted by atomic mass is 16.5. The van der Waals surface area contributed by atoms with E-state index < -0.39 is 114 Å². The van der Waals surface area contributed by atoms with Crippen LogP contribution in [-0.2, 0) is 75.0 Å². The Balaban J connectivity index is 1.26. The van der Waals surface area contributed by atoms with E-state index in [1.807, 2.05) is 31.2 Å². The molecular formula is C72H114N14O15. The van der Waals surface area contributed by atoms with Crippen LogP contribution in [0.5, 0.6) is 0 Å². The van der Waals surface area contributed by atoms with Crippen molar-refractivity contribution < 1.29 is 72.4 Å². The SMILES string of the molecule is CCCC[C@H](NC(=O)COCCOCCNC(=O)CCCCCCCCCCCCCCC(=O)O)C(=O)N[C@H]1CCC(OC)CNCCCC[C@@H](C(N)=O)NC(=O)[C@H](Cc2c[nH]c3ccccc23)NC(=O)[C@H](CCCNC(=N)N)NC(=O)[C@@H](Cc2ccccc2)NC(=O)[C@@H]2C[C@@H](O)CN2C1=O. The summed E-state index contributed by atoms with van der Waals surface area (Å²) in [6.45, 7) is 2.76. The number of ether oxygens (including phenoxy) is 3. The Kier molecular flexibility index (Phi) is 39.5.